The van der Waals surface area contributed by atoms with Crippen LogP contribution in [0, 0.1) is 6.92 Å². The van der Waals surface area contributed by atoms with Gasteiger partial charge in [-0.15, -0.1) is 23.1 Å². The van der Waals surface area contributed by atoms with Gasteiger partial charge >= 0.3 is 0 Å². The number of aryl methyl sites for hydroxylation is 1. The molecule has 1 aliphatic carbocycles. The Labute approximate surface area is 134 Å². The third-order valence-corrected chi connectivity index (χ3v) is 5.59. The van der Waals surface area contributed by atoms with Gasteiger partial charge in [0.15, 0.2) is 0 Å². The molecule has 1 heterocycles. The molecule has 0 aromatic carbocycles. The molecule has 1 aliphatic rings. The molecule has 0 radical (unpaired) electrons. The number of carbonyl (C=O) groups excluding carboxylic acids is 1. The topological polar surface area (TPSA) is 62.2 Å². The minimum Gasteiger partial charge on any atom is -0.388 e. The predicted molar refractivity (Wildman–Crippen MR) is 88.7 cm³/mol. The van der Waals surface area contributed by atoms with Gasteiger partial charge in [0.2, 0.25) is 5.91 Å². The average molecular weight is 329 g/mol. The van der Waals surface area contributed by atoms with Gasteiger partial charge in [0, 0.05) is 17.7 Å². The molecule has 1 aromatic heterocycles. The Morgan fingerprint density at radius 1 is 1.43 bits per heavy atom. The van der Waals surface area contributed by atoms with E-state index in [0.29, 0.717) is 12.3 Å². The number of amides is 1. The second-order valence-electron chi connectivity index (χ2n) is 5.77. The fourth-order valence-electron chi connectivity index (χ4n) is 2.60. The quantitative estimate of drug-likeness (QED) is 0.788. The van der Waals surface area contributed by atoms with Gasteiger partial charge in [-0.1, -0.05) is 25.7 Å². The van der Waals surface area contributed by atoms with Gasteiger partial charge in [0.1, 0.15) is 0 Å². The number of aromatic nitrogens is 1. The Balaban J connectivity index is 1.64. The zero-order chi connectivity index (χ0) is 15.1. The molecule has 1 aromatic rings. The van der Waals surface area contributed by atoms with Crippen LogP contribution in [0.1, 0.15) is 49.2 Å². The van der Waals surface area contributed by atoms with E-state index < -0.39 is 5.60 Å². The number of hydrogen-bond donors (Lipinski definition) is 2. The second kappa shape index (κ2) is 8.15. The summed E-state index contributed by atoms with van der Waals surface area (Å²) in [5, 5.41) is 16.5. The van der Waals surface area contributed by atoms with Gasteiger partial charge in [0.05, 0.1) is 22.1 Å². The molecule has 1 saturated carbocycles. The van der Waals surface area contributed by atoms with Gasteiger partial charge in [0.25, 0.3) is 0 Å². The van der Waals surface area contributed by atoms with Crippen molar-refractivity contribution < 1.29 is 9.90 Å². The van der Waals surface area contributed by atoms with Crippen LogP contribution in [0.25, 0.3) is 0 Å². The van der Waals surface area contributed by atoms with Gasteiger partial charge in [-0.25, -0.2) is 4.98 Å². The lowest BCUT2D eigenvalue weighted by Crippen LogP contribution is -2.43. The summed E-state index contributed by atoms with van der Waals surface area (Å²) in [5.74, 6) is 1.19. The van der Waals surface area contributed by atoms with Gasteiger partial charge < -0.3 is 10.4 Å². The normalized spacial score (nSPS) is 18.2. The standard InChI is InChI=1S/C15H24N2O2S2/c1-12-17-13(9-21-12)8-20-10-14(18)16-11-15(19)6-4-2-3-5-7-15/h9,19H,2-8,10-11H2,1H3,(H,16,18). The molecular weight excluding hydrogens is 304 g/mol. The Hall–Kier alpha value is -0.590. The number of thiazole rings is 1. The molecule has 0 saturated heterocycles. The zero-order valence-electron chi connectivity index (χ0n) is 12.6. The van der Waals surface area contributed by atoms with E-state index in [-0.39, 0.29) is 5.91 Å². The summed E-state index contributed by atoms with van der Waals surface area (Å²) >= 11 is 3.20. The molecule has 2 rings (SSSR count). The average Bonchev–Trinajstić information content (AvgIpc) is 2.74. The van der Waals surface area contributed by atoms with E-state index in [9.17, 15) is 9.90 Å². The Bertz CT molecular complexity index is 454. The lowest BCUT2D eigenvalue weighted by Gasteiger charge is -2.26. The minimum absolute atomic E-state index is 0.00428. The number of nitrogens with one attached hydrogen (secondary N) is 1. The van der Waals surface area contributed by atoms with Crippen LogP contribution in [0.2, 0.25) is 0 Å². The first-order chi connectivity index (χ1) is 10.1. The van der Waals surface area contributed by atoms with Crippen molar-refractivity contribution in [2.24, 2.45) is 0 Å². The van der Waals surface area contributed by atoms with E-state index in [2.05, 4.69) is 10.3 Å². The van der Waals surface area contributed by atoms with E-state index in [4.69, 9.17) is 0 Å². The summed E-state index contributed by atoms with van der Waals surface area (Å²) in [4.78, 5) is 16.2. The maximum absolute atomic E-state index is 11.8. The molecule has 6 heteroatoms. The van der Waals surface area contributed by atoms with Crippen LogP contribution in [-0.4, -0.2) is 33.9 Å². The number of rotatable bonds is 6. The van der Waals surface area contributed by atoms with Gasteiger partial charge in [-0.2, -0.15) is 0 Å². The van der Waals surface area contributed by atoms with Crippen molar-refractivity contribution in [3.63, 3.8) is 0 Å². The van der Waals surface area contributed by atoms with Crippen LogP contribution < -0.4 is 5.32 Å². The third-order valence-electron chi connectivity index (χ3n) is 3.80. The van der Waals surface area contributed by atoms with Crippen LogP contribution in [0.15, 0.2) is 5.38 Å². The molecule has 2 N–H and O–H groups in total. The Morgan fingerprint density at radius 2 is 2.14 bits per heavy atom. The van der Waals surface area contributed by atoms with Crippen molar-refractivity contribution in [1.29, 1.82) is 0 Å². The highest BCUT2D eigenvalue weighted by molar-refractivity contribution is 7.99. The molecule has 0 aliphatic heterocycles. The van der Waals surface area contributed by atoms with Crippen molar-refractivity contribution in [2.45, 2.75) is 56.8 Å². The van der Waals surface area contributed by atoms with Crippen molar-refractivity contribution in [2.75, 3.05) is 12.3 Å². The largest absolute Gasteiger partial charge is 0.388 e. The lowest BCUT2D eigenvalue weighted by atomic mass is 9.94. The van der Waals surface area contributed by atoms with Crippen molar-refractivity contribution in [1.82, 2.24) is 10.3 Å². The number of nitrogens with zero attached hydrogens (tertiary/aromatic N) is 1. The monoisotopic (exact) mass is 328 g/mol. The van der Waals surface area contributed by atoms with E-state index in [1.165, 1.54) is 12.8 Å². The number of aliphatic hydroxyl groups is 1. The Morgan fingerprint density at radius 3 is 2.76 bits per heavy atom. The van der Waals surface area contributed by atoms with Crippen molar-refractivity contribution >= 4 is 29.0 Å². The highest BCUT2D eigenvalue weighted by Crippen LogP contribution is 2.26. The Kier molecular flexibility index (Phi) is 6.51. The molecule has 0 atom stereocenters. The van der Waals surface area contributed by atoms with E-state index in [1.807, 2.05) is 12.3 Å². The van der Waals surface area contributed by atoms with Crippen molar-refractivity contribution in [3.05, 3.63) is 16.1 Å². The van der Waals surface area contributed by atoms with E-state index in [0.717, 1.165) is 42.1 Å². The van der Waals surface area contributed by atoms with Crippen LogP contribution in [-0.2, 0) is 10.5 Å². The van der Waals surface area contributed by atoms with E-state index in [1.54, 1.807) is 23.1 Å². The molecule has 4 nitrogen and oxygen atoms in total. The van der Waals surface area contributed by atoms with Crippen LogP contribution in [0.4, 0.5) is 0 Å². The van der Waals surface area contributed by atoms with E-state index >= 15 is 0 Å². The van der Waals surface area contributed by atoms with Crippen LogP contribution in [0.5, 0.6) is 0 Å². The maximum Gasteiger partial charge on any atom is 0.230 e. The molecule has 1 amide bonds. The fourth-order valence-corrected chi connectivity index (χ4v) is 4.07. The summed E-state index contributed by atoms with van der Waals surface area (Å²) in [6, 6.07) is 0. The third kappa shape index (κ3) is 5.96. The highest BCUT2D eigenvalue weighted by atomic mass is 32.2. The zero-order valence-corrected chi connectivity index (χ0v) is 14.2. The molecule has 0 unspecified atom stereocenters. The van der Waals surface area contributed by atoms with Crippen LogP contribution >= 0.6 is 23.1 Å². The molecule has 0 bridgehead atoms. The minimum atomic E-state index is -0.692. The first-order valence-electron chi connectivity index (χ1n) is 7.55. The van der Waals surface area contributed by atoms with Crippen LogP contribution in [0.3, 0.4) is 0 Å². The number of hydrogen-bond acceptors (Lipinski definition) is 5. The fraction of sp³-hybridized carbons (Fsp3) is 0.733. The summed E-state index contributed by atoms with van der Waals surface area (Å²) in [6.45, 7) is 2.38. The summed E-state index contributed by atoms with van der Waals surface area (Å²) in [7, 11) is 0. The molecule has 0 spiro atoms. The second-order valence-corrected chi connectivity index (χ2v) is 7.81. The number of carbonyl (C=O) groups is 1. The summed E-state index contributed by atoms with van der Waals surface area (Å²) in [5.41, 5.74) is 0.348. The van der Waals surface area contributed by atoms with Crippen molar-refractivity contribution in [3.8, 4) is 0 Å². The SMILES string of the molecule is Cc1nc(CSCC(=O)NCC2(O)CCCCCC2)cs1. The summed E-state index contributed by atoms with van der Waals surface area (Å²) in [6.07, 6.45) is 6.12. The predicted octanol–water partition coefficient (Wildman–Crippen LogP) is 2.89. The number of thioether (sulfide) groups is 1. The first-order valence-corrected chi connectivity index (χ1v) is 9.59. The molecular formula is C15H24N2O2S2. The lowest BCUT2D eigenvalue weighted by molar-refractivity contribution is -0.120. The van der Waals surface area contributed by atoms with Gasteiger partial charge in [-0.05, 0) is 19.8 Å². The molecule has 21 heavy (non-hydrogen) atoms. The highest BCUT2D eigenvalue weighted by Gasteiger charge is 2.28. The summed E-state index contributed by atoms with van der Waals surface area (Å²) < 4.78 is 0. The molecule has 1 fully saturated rings. The maximum atomic E-state index is 11.8. The molecule has 118 valence electrons. The first kappa shape index (κ1) is 16.8. The van der Waals surface area contributed by atoms with Gasteiger partial charge in [-0.3, -0.25) is 4.79 Å². The smallest absolute Gasteiger partial charge is 0.230 e.